The number of thioether (sulfide) groups is 1. The third-order valence-corrected chi connectivity index (χ3v) is 4.24. The Morgan fingerprint density at radius 1 is 1.04 bits per heavy atom. The molecule has 0 aliphatic heterocycles. The molecule has 1 aromatic heterocycles. The molecule has 0 spiro atoms. The highest BCUT2D eigenvalue weighted by atomic mass is 35.5. The zero-order valence-corrected chi connectivity index (χ0v) is 13.6. The number of halogens is 7. The van der Waals surface area contributed by atoms with Crippen molar-refractivity contribution in [3.63, 3.8) is 0 Å². The molecular formula is C13H7ClF6N2O2S. The van der Waals surface area contributed by atoms with E-state index in [1.807, 2.05) is 0 Å². The molecule has 0 amide bonds. The fraction of sp³-hybridized carbons (Fsp3) is 0.231. The largest absolute Gasteiger partial charge is 0.446 e. The molecule has 4 nitrogen and oxygen atoms in total. The standard InChI is InChI=1S/C13H7ClF6N2O2S/c1-21-9(12(15,16)17)5-10(23)22(11(21)24)6-2-3-8(7(14)4-6)25-13(18,19)20/h2-5H,1H3. The monoisotopic (exact) mass is 404 g/mol. The summed E-state index contributed by atoms with van der Waals surface area (Å²) >= 11 is 5.21. The summed E-state index contributed by atoms with van der Waals surface area (Å²) < 4.78 is 76.0. The zero-order chi connectivity index (χ0) is 19.2. The minimum absolute atomic E-state index is 0.216. The minimum atomic E-state index is -4.92. The van der Waals surface area contributed by atoms with E-state index in [0.717, 1.165) is 25.2 Å². The van der Waals surface area contributed by atoms with Gasteiger partial charge in [-0.25, -0.2) is 9.36 Å². The van der Waals surface area contributed by atoms with Crippen molar-refractivity contribution < 1.29 is 26.3 Å². The molecule has 0 saturated carbocycles. The number of nitrogens with zero attached hydrogens (tertiary/aromatic N) is 2. The van der Waals surface area contributed by atoms with Crippen LogP contribution in [0, 0.1) is 0 Å². The molecule has 0 atom stereocenters. The summed E-state index contributed by atoms with van der Waals surface area (Å²) in [6.45, 7) is 0. The summed E-state index contributed by atoms with van der Waals surface area (Å²) in [4.78, 5) is 23.6. The Morgan fingerprint density at radius 2 is 1.64 bits per heavy atom. The van der Waals surface area contributed by atoms with Crippen LogP contribution in [0.3, 0.4) is 0 Å². The van der Waals surface area contributed by atoms with Gasteiger partial charge in [-0.2, -0.15) is 26.3 Å². The van der Waals surface area contributed by atoms with Gasteiger partial charge >= 0.3 is 17.4 Å². The average Bonchev–Trinajstić information content (AvgIpc) is 2.43. The van der Waals surface area contributed by atoms with E-state index in [2.05, 4.69) is 0 Å². The third kappa shape index (κ3) is 4.21. The van der Waals surface area contributed by atoms with Crippen LogP contribution in [0.25, 0.3) is 5.69 Å². The van der Waals surface area contributed by atoms with Crippen molar-refractivity contribution in [2.24, 2.45) is 7.05 Å². The van der Waals surface area contributed by atoms with Crippen molar-refractivity contribution in [2.45, 2.75) is 16.6 Å². The Morgan fingerprint density at radius 3 is 2.12 bits per heavy atom. The lowest BCUT2D eigenvalue weighted by Crippen LogP contribution is -2.40. The van der Waals surface area contributed by atoms with E-state index in [0.29, 0.717) is 4.57 Å². The average molecular weight is 405 g/mol. The molecule has 0 aliphatic rings. The molecule has 1 heterocycles. The van der Waals surface area contributed by atoms with Crippen molar-refractivity contribution in [1.29, 1.82) is 0 Å². The van der Waals surface area contributed by atoms with Crippen LogP contribution >= 0.6 is 23.4 Å². The van der Waals surface area contributed by atoms with E-state index in [-0.39, 0.29) is 21.2 Å². The highest BCUT2D eigenvalue weighted by molar-refractivity contribution is 8.00. The zero-order valence-electron chi connectivity index (χ0n) is 12.1. The highest BCUT2D eigenvalue weighted by Gasteiger charge is 2.35. The quantitative estimate of drug-likeness (QED) is 0.564. The molecular weight excluding hydrogens is 398 g/mol. The van der Waals surface area contributed by atoms with Gasteiger partial charge < -0.3 is 0 Å². The number of alkyl halides is 6. The third-order valence-electron chi connectivity index (χ3n) is 3.01. The molecule has 0 radical (unpaired) electrons. The second-order valence-electron chi connectivity index (χ2n) is 4.71. The van der Waals surface area contributed by atoms with Crippen molar-refractivity contribution in [3.8, 4) is 5.69 Å². The topological polar surface area (TPSA) is 44.0 Å². The Hall–Kier alpha value is -1.88. The van der Waals surface area contributed by atoms with Crippen molar-refractivity contribution >= 4 is 23.4 Å². The summed E-state index contributed by atoms with van der Waals surface area (Å²) in [5.74, 6) is 0. The molecule has 12 heteroatoms. The van der Waals surface area contributed by atoms with Crippen LogP contribution < -0.4 is 11.2 Å². The van der Waals surface area contributed by atoms with Gasteiger partial charge in [-0.3, -0.25) is 9.36 Å². The molecule has 0 bridgehead atoms. The van der Waals surface area contributed by atoms with Gasteiger partial charge in [0.15, 0.2) is 0 Å². The second-order valence-corrected chi connectivity index (χ2v) is 6.22. The molecule has 0 N–H and O–H groups in total. The van der Waals surface area contributed by atoms with E-state index in [9.17, 15) is 35.9 Å². The van der Waals surface area contributed by atoms with Gasteiger partial charge in [0.05, 0.1) is 10.7 Å². The van der Waals surface area contributed by atoms with Crippen LogP contribution in [-0.4, -0.2) is 14.6 Å². The first kappa shape index (κ1) is 19.4. The Bertz CT molecular complexity index is 932. The van der Waals surface area contributed by atoms with Crippen LogP contribution in [0.15, 0.2) is 38.8 Å². The summed E-state index contributed by atoms with van der Waals surface area (Å²) in [7, 11) is 0.816. The first-order chi connectivity index (χ1) is 11.3. The first-order valence-corrected chi connectivity index (χ1v) is 7.46. The maximum absolute atomic E-state index is 12.8. The lowest BCUT2D eigenvalue weighted by Gasteiger charge is -2.14. The molecule has 0 fully saturated rings. The second kappa shape index (κ2) is 6.45. The fourth-order valence-corrected chi connectivity index (χ4v) is 2.80. The van der Waals surface area contributed by atoms with E-state index in [1.54, 1.807) is 0 Å². The van der Waals surface area contributed by atoms with Crippen LogP contribution in [0.1, 0.15) is 5.69 Å². The van der Waals surface area contributed by atoms with Gasteiger partial charge in [0, 0.05) is 18.0 Å². The van der Waals surface area contributed by atoms with Crippen molar-refractivity contribution in [2.75, 3.05) is 0 Å². The van der Waals surface area contributed by atoms with Crippen LogP contribution in [0.2, 0.25) is 5.02 Å². The Kier molecular flexibility index (Phi) is 5.01. The Labute approximate surface area is 144 Å². The SMILES string of the molecule is Cn1c(C(F)(F)F)cc(=O)n(-c2ccc(SC(F)(F)F)c(Cl)c2)c1=O. The lowest BCUT2D eigenvalue weighted by atomic mass is 10.3. The lowest BCUT2D eigenvalue weighted by molar-refractivity contribution is -0.144. The molecule has 2 aromatic rings. The molecule has 0 aliphatic carbocycles. The van der Waals surface area contributed by atoms with Crippen molar-refractivity contribution in [1.82, 2.24) is 9.13 Å². The van der Waals surface area contributed by atoms with Gasteiger partial charge in [-0.05, 0) is 30.0 Å². The van der Waals surface area contributed by atoms with E-state index >= 15 is 0 Å². The van der Waals surface area contributed by atoms with Gasteiger partial charge in [-0.15, -0.1) is 0 Å². The summed E-state index contributed by atoms with van der Waals surface area (Å²) in [5.41, 5.74) is -8.91. The molecule has 136 valence electrons. The number of hydrogen-bond acceptors (Lipinski definition) is 3. The normalized spacial score (nSPS) is 12.5. The number of rotatable bonds is 2. The van der Waals surface area contributed by atoms with Crippen molar-refractivity contribution in [3.05, 3.63) is 55.8 Å². The van der Waals surface area contributed by atoms with E-state index in [4.69, 9.17) is 11.6 Å². The number of benzene rings is 1. The predicted octanol–water partition coefficient (Wildman–Crippen LogP) is 3.82. The van der Waals surface area contributed by atoms with Gasteiger partial charge in [0.2, 0.25) is 0 Å². The van der Waals surface area contributed by atoms with E-state index in [1.165, 1.54) is 0 Å². The van der Waals surface area contributed by atoms with Gasteiger partial charge in [0.25, 0.3) is 5.56 Å². The highest BCUT2D eigenvalue weighted by Crippen LogP contribution is 2.40. The summed E-state index contributed by atoms with van der Waals surface area (Å²) in [6.07, 6.45) is -4.92. The molecule has 1 aromatic carbocycles. The molecule has 0 unspecified atom stereocenters. The van der Waals surface area contributed by atoms with Crippen LogP contribution in [-0.2, 0) is 13.2 Å². The molecule has 0 saturated heterocycles. The summed E-state index contributed by atoms with van der Waals surface area (Å²) in [6, 6.07) is 3.01. The van der Waals surface area contributed by atoms with Gasteiger partial charge in [-0.1, -0.05) is 11.6 Å². The predicted molar refractivity (Wildman–Crippen MR) is 79.2 cm³/mol. The van der Waals surface area contributed by atoms with E-state index < -0.39 is 45.4 Å². The molecule has 2 rings (SSSR count). The maximum Gasteiger partial charge on any atom is 0.446 e. The fourth-order valence-electron chi connectivity index (χ4n) is 1.97. The first-order valence-electron chi connectivity index (χ1n) is 6.27. The minimum Gasteiger partial charge on any atom is -0.292 e. The maximum atomic E-state index is 12.8. The number of hydrogen-bond donors (Lipinski definition) is 0. The summed E-state index contributed by atoms with van der Waals surface area (Å²) in [5, 5.41) is -0.409. The number of aromatic nitrogens is 2. The van der Waals surface area contributed by atoms with Crippen LogP contribution in [0.4, 0.5) is 26.3 Å². The smallest absolute Gasteiger partial charge is 0.292 e. The molecule has 25 heavy (non-hydrogen) atoms. The Balaban J connectivity index is 2.61. The van der Waals surface area contributed by atoms with Crippen LogP contribution in [0.5, 0.6) is 0 Å². The van der Waals surface area contributed by atoms with Gasteiger partial charge in [0.1, 0.15) is 5.69 Å².